The van der Waals surface area contributed by atoms with Gasteiger partial charge in [0, 0.05) is 19.3 Å². The molecule has 6 nitrogen and oxygen atoms in total. The SMILES string of the molecule is CC/C=C\C/C=C\C/C=C\C/C=C\CCCCCCC(=O)OC(COC(=O)CCCCCCC/C=C\C/C=C\CCCCC)COC(=O)CCCCCCCCCCCCCCCCCCCCCCCCCCCCCCCCCCC. The Labute approximate surface area is 516 Å². The van der Waals surface area contributed by atoms with E-state index in [0.717, 1.165) is 116 Å². The molecule has 0 saturated carbocycles. The van der Waals surface area contributed by atoms with Crippen molar-refractivity contribution >= 4 is 17.9 Å². The monoisotopic (exact) mass is 1160 g/mol. The van der Waals surface area contributed by atoms with Crippen molar-refractivity contribution in [2.45, 2.75) is 386 Å². The van der Waals surface area contributed by atoms with E-state index < -0.39 is 6.10 Å². The molecular weight excluding hydrogens is 1020 g/mol. The predicted octanol–water partition coefficient (Wildman–Crippen LogP) is 25.2. The van der Waals surface area contributed by atoms with Gasteiger partial charge in [-0.05, 0) is 89.9 Å². The molecule has 0 heterocycles. The van der Waals surface area contributed by atoms with Gasteiger partial charge in [0.2, 0.25) is 0 Å². The van der Waals surface area contributed by atoms with E-state index >= 15 is 0 Å². The van der Waals surface area contributed by atoms with Gasteiger partial charge in [0.15, 0.2) is 6.10 Å². The molecule has 0 bridgehead atoms. The summed E-state index contributed by atoms with van der Waals surface area (Å²) in [6, 6.07) is 0. The summed E-state index contributed by atoms with van der Waals surface area (Å²) >= 11 is 0. The topological polar surface area (TPSA) is 78.9 Å². The van der Waals surface area contributed by atoms with Crippen molar-refractivity contribution in [3.63, 3.8) is 0 Å². The van der Waals surface area contributed by atoms with E-state index in [1.54, 1.807) is 0 Å². The molecule has 1 atom stereocenters. The fraction of sp³-hybridized carbons (Fsp3) is 0.805. The Morgan fingerprint density at radius 3 is 0.759 bits per heavy atom. The van der Waals surface area contributed by atoms with E-state index in [-0.39, 0.29) is 31.1 Å². The smallest absolute Gasteiger partial charge is 0.306 e. The van der Waals surface area contributed by atoms with Crippen LogP contribution >= 0.6 is 0 Å². The van der Waals surface area contributed by atoms with Crippen molar-refractivity contribution in [2.24, 2.45) is 0 Å². The Morgan fingerprint density at radius 2 is 0.470 bits per heavy atom. The fourth-order valence-electron chi connectivity index (χ4n) is 10.8. The minimum Gasteiger partial charge on any atom is -0.462 e. The van der Waals surface area contributed by atoms with Gasteiger partial charge in [-0.25, -0.2) is 0 Å². The van der Waals surface area contributed by atoms with Crippen LogP contribution < -0.4 is 0 Å². The molecule has 0 saturated heterocycles. The number of carbonyl (C=O) groups excluding carboxylic acids is 3. The van der Waals surface area contributed by atoms with Gasteiger partial charge >= 0.3 is 17.9 Å². The number of rotatable bonds is 67. The summed E-state index contributed by atoms with van der Waals surface area (Å²) in [4.78, 5) is 38.4. The second-order valence-electron chi connectivity index (χ2n) is 24.5. The lowest BCUT2D eigenvalue weighted by molar-refractivity contribution is -0.167. The first kappa shape index (κ1) is 79.8. The molecule has 0 aliphatic heterocycles. The van der Waals surface area contributed by atoms with E-state index in [9.17, 15) is 14.4 Å². The molecule has 0 aromatic heterocycles. The summed E-state index contributed by atoms with van der Waals surface area (Å²) in [6.45, 7) is 6.52. The quantitative estimate of drug-likeness (QED) is 0.0261. The van der Waals surface area contributed by atoms with Gasteiger partial charge in [0.05, 0.1) is 0 Å². The van der Waals surface area contributed by atoms with Crippen molar-refractivity contribution in [2.75, 3.05) is 13.2 Å². The molecule has 0 spiro atoms. The molecule has 0 aliphatic carbocycles. The van der Waals surface area contributed by atoms with Crippen LogP contribution in [0.3, 0.4) is 0 Å². The summed E-state index contributed by atoms with van der Waals surface area (Å²) in [5.74, 6) is -0.907. The first-order valence-corrected chi connectivity index (χ1v) is 36.4. The van der Waals surface area contributed by atoms with Crippen LogP contribution in [0.25, 0.3) is 0 Å². The molecule has 0 rings (SSSR count). The molecule has 0 fully saturated rings. The maximum atomic E-state index is 12.9. The van der Waals surface area contributed by atoms with Gasteiger partial charge in [-0.15, -0.1) is 0 Å². The summed E-state index contributed by atoms with van der Waals surface area (Å²) < 4.78 is 16.9. The van der Waals surface area contributed by atoms with Crippen LogP contribution in [0.1, 0.15) is 380 Å². The van der Waals surface area contributed by atoms with E-state index in [0.29, 0.717) is 19.3 Å². The molecule has 0 aromatic carbocycles. The third kappa shape index (κ3) is 69.5. The lowest BCUT2D eigenvalue weighted by atomic mass is 10.0. The van der Waals surface area contributed by atoms with Crippen LogP contribution in [0.4, 0.5) is 0 Å². The lowest BCUT2D eigenvalue weighted by Crippen LogP contribution is -2.30. The van der Waals surface area contributed by atoms with E-state index in [4.69, 9.17) is 14.2 Å². The number of allylic oxidation sites excluding steroid dienone is 12. The highest BCUT2D eigenvalue weighted by molar-refractivity contribution is 5.71. The minimum absolute atomic E-state index is 0.0872. The van der Waals surface area contributed by atoms with Crippen molar-refractivity contribution in [3.8, 4) is 0 Å². The molecule has 6 heteroatoms. The molecule has 1 unspecified atom stereocenters. The van der Waals surface area contributed by atoms with Gasteiger partial charge in [0.1, 0.15) is 13.2 Å². The molecule has 0 aliphatic rings. The van der Waals surface area contributed by atoms with Crippen molar-refractivity contribution < 1.29 is 28.6 Å². The number of unbranched alkanes of at least 4 members (excludes halogenated alkanes) is 44. The summed E-state index contributed by atoms with van der Waals surface area (Å²) in [5, 5.41) is 0. The maximum Gasteiger partial charge on any atom is 0.306 e. The Morgan fingerprint density at radius 1 is 0.253 bits per heavy atom. The van der Waals surface area contributed by atoms with Crippen LogP contribution in [-0.4, -0.2) is 37.2 Å². The largest absolute Gasteiger partial charge is 0.462 e. The lowest BCUT2D eigenvalue weighted by Gasteiger charge is -2.18. The van der Waals surface area contributed by atoms with Crippen LogP contribution in [0, 0.1) is 0 Å². The molecule has 0 radical (unpaired) electrons. The molecule has 83 heavy (non-hydrogen) atoms. The number of hydrogen-bond donors (Lipinski definition) is 0. The predicted molar refractivity (Wildman–Crippen MR) is 362 cm³/mol. The number of carbonyl (C=O) groups is 3. The molecule has 0 N–H and O–H groups in total. The van der Waals surface area contributed by atoms with E-state index in [2.05, 4.69) is 93.7 Å². The first-order valence-electron chi connectivity index (χ1n) is 36.4. The van der Waals surface area contributed by atoms with Gasteiger partial charge in [-0.1, -0.05) is 344 Å². The Kier molecular flexibility index (Phi) is 68.6. The summed E-state index contributed by atoms with van der Waals surface area (Å²) in [6.07, 6.45) is 93.9. The first-order chi connectivity index (χ1) is 41.0. The summed E-state index contributed by atoms with van der Waals surface area (Å²) in [5.41, 5.74) is 0. The number of hydrogen-bond acceptors (Lipinski definition) is 6. The number of esters is 3. The maximum absolute atomic E-state index is 12.9. The molecular formula is C77H138O6. The zero-order chi connectivity index (χ0) is 59.9. The highest BCUT2D eigenvalue weighted by Crippen LogP contribution is 2.19. The van der Waals surface area contributed by atoms with Gasteiger partial charge in [0.25, 0.3) is 0 Å². The standard InChI is InChI=1S/C77H138O6/c1-4-7-10-13-16-19-22-25-28-30-31-32-33-34-35-36-37-38-39-40-41-42-43-44-45-47-49-52-55-58-61-64-67-70-76(79)82-73-74(72-81-75(78)69-66-63-60-57-54-51-48-27-24-21-18-15-12-9-6-3)83-77(80)71-68-65-62-59-56-53-50-46-29-26-23-20-17-14-11-8-5-2/h8,11,17-18,20-21,26-27,29,48,50,53,74H,4-7,9-10,12-16,19,22-25,28,30-47,49,51-52,54-73H2,1-3H3/b11-8-,20-17-,21-18-,29-26-,48-27-,53-50-. The fourth-order valence-corrected chi connectivity index (χ4v) is 10.8. The molecule has 0 aromatic rings. The Hall–Kier alpha value is -3.15. The third-order valence-corrected chi connectivity index (χ3v) is 16.2. The second-order valence-corrected chi connectivity index (χ2v) is 24.5. The normalized spacial score (nSPS) is 12.5. The second kappa shape index (κ2) is 71.3. The third-order valence-electron chi connectivity index (χ3n) is 16.2. The van der Waals surface area contributed by atoms with Gasteiger partial charge in [-0.2, -0.15) is 0 Å². The van der Waals surface area contributed by atoms with E-state index in [1.165, 1.54) is 225 Å². The average molecular weight is 1160 g/mol. The van der Waals surface area contributed by atoms with Gasteiger partial charge < -0.3 is 14.2 Å². The van der Waals surface area contributed by atoms with Crippen LogP contribution in [0.2, 0.25) is 0 Å². The van der Waals surface area contributed by atoms with Crippen molar-refractivity contribution in [1.29, 1.82) is 0 Å². The average Bonchev–Trinajstić information content (AvgIpc) is 3.49. The van der Waals surface area contributed by atoms with Crippen molar-refractivity contribution in [3.05, 3.63) is 72.9 Å². The molecule has 482 valence electrons. The highest BCUT2D eigenvalue weighted by Gasteiger charge is 2.19. The van der Waals surface area contributed by atoms with E-state index in [1.807, 2.05) is 0 Å². The number of ether oxygens (including phenoxy) is 3. The zero-order valence-electron chi connectivity index (χ0n) is 55.5. The Balaban J connectivity index is 4.17. The van der Waals surface area contributed by atoms with Crippen LogP contribution in [-0.2, 0) is 28.6 Å². The van der Waals surface area contributed by atoms with Crippen LogP contribution in [0.15, 0.2) is 72.9 Å². The van der Waals surface area contributed by atoms with Crippen molar-refractivity contribution in [1.82, 2.24) is 0 Å². The Bertz CT molecular complexity index is 1520. The minimum atomic E-state index is -0.795. The van der Waals surface area contributed by atoms with Crippen LogP contribution in [0.5, 0.6) is 0 Å². The molecule has 0 amide bonds. The highest BCUT2D eigenvalue weighted by atomic mass is 16.6. The zero-order valence-corrected chi connectivity index (χ0v) is 55.5. The summed E-state index contributed by atoms with van der Waals surface area (Å²) in [7, 11) is 0. The van der Waals surface area contributed by atoms with Gasteiger partial charge in [-0.3, -0.25) is 14.4 Å².